The summed E-state index contributed by atoms with van der Waals surface area (Å²) >= 11 is 0.738. The van der Waals surface area contributed by atoms with Gasteiger partial charge < -0.3 is 23.7 Å². The van der Waals surface area contributed by atoms with E-state index >= 15 is 0 Å². The molecule has 4 aromatic rings. The van der Waals surface area contributed by atoms with Crippen molar-refractivity contribution >= 4 is 51.8 Å². The number of piperidine rings is 1. The highest BCUT2D eigenvalue weighted by Gasteiger charge is 2.36. The van der Waals surface area contributed by atoms with Gasteiger partial charge in [0.15, 0.2) is 11.5 Å². The van der Waals surface area contributed by atoms with E-state index in [-0.39, 0.29) is 72.8 Å². The maximum atomic E-state index is 13.6. The van der Waals surface area contributed by atoms with Crippen molar-refractivity contribution in [2.45, 2.75) is 37.9 Å². The second-order valence-electron chi connectivity index (χ2n) is 13.6. The summed E-state index contributed by atoms with van der Waals surface area (Å²) in [6.45, 7) is 1.67. The van der Waals surface area contributed by atoms with Gasteiger partial charge in [-0.3, -0.25) is 38.5 Å². The largest absolute Gasteiger partial charge is 0.493 e. The number of carbonyl (C=O) groups excluding carboxylic acids is 4. The Labute approximate surface area is 345 Å². The molecule has 0 bridgehead atoms. The number of para-hydroxylation sites is 1. The molecule has 316 valence electrons. The van der Waals surface area contributed by atoms with Crippen LogP contribution in [0.25, 0.3) is 17.1 Å². The third-order valence-electron chi connectivity index (χ3n) is 9.64. The number of alkyl halides is 3. The van der Waals surface area contributed by atoms with Crippen molar-refractivity contribution in [1.29, 1.82) is 5.26 Å². The molecule has 1 N–H and O–H groups in total. The van der Waals surface area contributed by atoms with Crippen LogP contribution in [-0.4, -0.2) is 90.3 Å². The van der Waals surface area contributed by atoms with Crippen molar-refractivity contribution in [3.05, 3.63) is 92.2 Å². The summed E-state index contributed by atoms with van der Waals surface area (Å²) in [5.41, 5.74) is 1.12. The Kier molecular flexibility index (Phi) is 14.1. The van der Waals surface area contributed by atoms with Gasteiger partial charge in [0.2, 0.25) is 11.8 Å². The number of rotatable bonds is 18. The lowest BCUT2D eigenvalue weighted by atomic mass is 10.0. The first-order valence-corrected chi connectivity index (χ1v) is 19.6. The predicted octanol–water partition coefficient (Wildman–Crippen LogP) is 5.73. The molecule has 1 unspecified atom stereocenters. The highest BCUT2D eigenvalue weighted by Crippen LogP contribution is 2.41. The van der Waals surface area contributed by atoms with E-state index in [0.717, 1.165) is 33.8 Å². The number of hydrogen-bond donors (Lipinski definition) is 1. The zero-order valence-corrected chi connectivity index (χ0v) is 33.4. The number of thioether (sulfide) groups is 1. The number of nitrogens with one attached hydrogen (secondary N) is 1. The smallest absolute Gasteiger partial charge is 0.420 e. The summed E-state index contributed by atoms with van der Waals surface area (Å²) in [4.78, 5) is 64.1. The normalized spacial score (nSPS) is 16.5. The molecule has 2 saturated heterocycles. The number of nitrogens with zero attached hydrogens (tertiary/aromatic N) is 4. The van der Waals surface area contributed by atoms with Gasteiger partial charge in [-0.15, -0.1) is 0 Å². The summed E-state index contributed by atoms with van der Waals surface area (Å²) in [6.07, 6.45) is -1.58. The number of aromatic nitrogens is 2. The molecule has 19 heteroatoms. The van der Waals surface area contributed by atoms with Crippen LogP contribution in [0.3, 0.4) is 0 Å². The Bertz CT molecular complexity index is 2420. The average Bonchev–Trinajstić information content (AvgIpc) is 3.63. The minimum absolute atomic E-state index is 0.0108. The molecular formula is C41H40F3N5O10S. The third kappa shape index (κ3) is 10.1. The fraction of sp³-hybridized carbons (Fsp3) is 0.366. The number of amides is 4. The lowest BCUT2D eigenvalue weighted by Gasteiger charge is -2.21. The summed E-state index contributed by atoms with van der Waals surface area (Å²) < 4.78 is 71.6. The minimum Gasteiger partial charge on any atom is -0.493 e. The Morgan fingerprint density at radius 1 is 0.917 bits per heavy atom. The number of hydrogen-bond acceptors (Lipinski definition) is 12. The summed E-state index contributed by atoms with van der Waals surface area (Å²) in [5.74, 6) is -1.84. The van der Waals surface area contributed by atoms with Crippen LogP contribution in [0.4, 0.5) is 18.0 Å². The van der Waals surface area contributed by atoms with Crippen LogP contribution >= 0.6 is 11.8 Å². The summed E-state index contributed by atoms with van der Waals surface area (Å²) in [6, 6.07) is 13.8. The Hall–Kier alpha value is -5.94. The molecule has 2 fully saturated rings. The van der Waals surface area contributed by atoms with Gasteiger partial charge in [0.1, 0.15) is 11.8 Å². The monoisotopic (exact) mass is 851 g/mol. The van der Waals surface area contributed by atoms with Crippen LogP contribution in [0.5, 0.6) is 17.2 Å². The Morgan fingerprint density at radius 2 is 1.63 bits per heavy atom. The minimum atomic E-state index is -4.78. The van der Waals surface area contributed by atoms with Crippen molar-refractivity contribution in [3.8, 4) is 23.3 Å². The lowest BCUT2D eigenvalue weighted by Crippen LogP contribution is -2.44. The molecule has 2 aliphatic rings. The van der Waals surface area contributed by atoms with Gasteiger partial charge in [0, 0.05) is 20.1 Å². The first kappa shape index (κ1) is 43.6. The molecular weight excluding hydrogens is 812 g/mol. The van der Waals surface area contributed by atoms with E-state index in [1.54, 1.807) is 19.2 Å². The summed E-state index contributed by atoms with van der Waals surface area (Å²) in [7, 11) is 2.97. The quantitative estimate of drug-likeness (QED) is 0.0731. The molecule has 6 rings (SSSR count). The molecule has 0 saturated carbocycles. The van der Waals surface area contributed by atoms with Gasteiger partial charge in [-0.25, -0.2) is 4.79 Å². The molecule has 1 atom stereocenters. The topological polar surface area (TPSA) is 180 Å². The zero-order valence-electron chi connectivity index (χ0n) is 32.5. The fourth-order valence-corrected chi connectivity index (χ4v) is 7.61. The Morgan fingerprint density at radius 3 is 2.33 bits per heavy atom. The maximum Gasteiger partial charge on any atom is 0.420 e. The van der Waals surface area contributed by atoms with Gasteiger partial charge in [-0.05, 0) is 84.6 Å². The maximum absolute atomic E-state index is 13.6. The number of aryl methyl sites for hydroxylation is 2. The molecule has 0 spiro atoms. The summed E-state index contributed by atoms with van der Waals surface area (Å²) in [5, 5.41) is 10.9. The first-order chi connectivity index (χ1) is 28.8. The van der Waals surface area contributed by atoms with Gasteiger partial charge in [-0.2, -0.15) is 18.4 Å². The zero-order chi connectivity index (χ0) is 43.0. The van der Waals surface area contributed by atoms with Crippen molar-refractivity contribution in [3.63, 3.8) is 0 Å². The van der Waals surface area contributed by atoms with E-state index in [9.17, 15) is 37.1 Å². The number of benzene rings is 3. The van der Waals surface area contributed by atoms with Crippen molar-refractivity contribution in [2.75, 3.05) is 53.3 Å². The van der Waals surface area contributed by atoms with E-state index in [1.165, 1.54) is 46.6 Å². The SMILES string of the molecule is COc1cc(/C=C2\SC(=O)N(CCOCCOCCOCCCc3cccc4c3n(C)c(=O)n4C3CCC(=O)NC3=O)C2=O)ccc1Oc1ccc(C#N)cc1C(F)(F)F. The van der Waals surface area contributed by atoms with E-state index in [1.807, 2.05) is 12.1 Å². The number of nitriles is 1. The predicted molar refractivity (Wildman–Crippen MR) is 211 cm³/mol. The fourth-order valence-electron chi connectivity index (χ4n) is 6.74. The molecule has 60 heavy (non-hydrogen) atoms. The first-order valence-electron chi connectivity index (χ1n) is 18.8. The number of methoxy groups -OCH3 is 1. The highest BCUT2D eigenvalue weighted by molar-refractivity contribution is 8.18. The number of fused-ring (bicyclic) bond motifs is 1. The van der Waals surface area contributed by atoms with E-state index < -0.39 is 40.6 Å². The van der Waals surface area contributed by atoms with Crippen LogP contribution in [0.1, 0.15) is 47.6 Å². The van der Waals surface area contributed by atoms with E-state index in [4.69, 9.17) is 28.9 Å². The number of imidazole rings is 1. The molecule has 3 heterocycles. The van der Waals surface area contributed by atoms with Crippen LogP contribution in [0.2, 0.25) is 0 Å². The molecule has 15 nitrogen and oxygen atoms in total. The Balaban J connectivity index is 0.888. The molecule has 1 aromatic heterocycles. The van der Waals surface area contributed by atoms with Crippen LogP contribution < -0.4 is 20.5 Å². The van der Waals surface area contributed by atoms with E-state index in [2.05, 4.69) is 5.32 Å². The molecule has 2 aliphatic heterocycles. The van der Waals surface area contributed by atoms with Gasteiger partial charge in [0.25, 0.3) is 11.1 Å². The highest BCUT2D eigenvalue weighted by atomic mass is 32.2. The molecule has 3 aromatic carbocycles. The standard InChI is InChI=1S/C41H40F3N5O10S/c1-47-36-27(5-3-7-29(36)49(39(47)53)30-10-13-35(50)46-37(30)51)6-4-15-56-17-19-58-20-18-57-16-14-48-38(52)34(60-40(48)54)23-25-8-12-32(33(22-25)55-2)59-31-11-9-26(24-45)21-28(31)41(42,43)44/h3,5,7-9,11-12,21-23,30H,4,6,10,13-20H2,1-2H3,(H,46,50,51)/b34-23-. The molecule has 0 radical (unpaired) electrons. The number of imide groups is 2. The number of halogens is 3. The van der Waals surface area contributed by atoms with Crippen LogP contribution in [0, 0.1) is 11.3 Å². The number of carbonyl (C=O) groups is 4. The molecule has 0 aliphatic carbocycles. The van der Waals surface area contributed by atoms with Crippen molar-refractivity contribution < 1.29 is 56.0 Å². The average molecular weight is 852 g/mol. The van der Waals surface area contributed by atoms with Crippen molar-refractivity contribution in [1.82, 2.24) is 19.4 Å². The van der Waals surface area contributed by atoms with Gasteiger partial charge >= 0.3 is 11.9 Å². The lowest BCUT2D eigenvalue weighted by molar-refractivity contribution is -0.139. The van der Waals surface area contributed by atoms with Crippen LogP contribution in [-0.2, 0) is 48.2 Å². The van der Waals surface area contributed by atoms with Crippen LogP contribution in [0.15, 0.2) is 64.3 Å². The van der Waals surface area contributed by atoms with Crippen molar-refractivity contribution in [2.24, 2.45) is 7.05 Å². The second kappa shape index (κ2) is 19.4. The molecule has 4 amide bonds. The van der Waals surface area contributed by atoms with E-state index in [0.29, 0.717) is 49.8 Å². The number of ether oxygens (including phenoxy) is 5. The van der Waals surface area contributed by atoms with Gasteiger partial charge in [-0.1, -0.05) is 18.2 Å². The van der Waals surface area contributed by atoms with Gasteiger partial charge in [0.05, 0.1) is 79.8 Å². The third-order valence-corrected chi connectivity index (χ3v) is 10.5. The second-order valence-corrected chi connectivity index (χ2v) is 14.6.